The van der Waals surface area contributed by atoms with Gasteiger partial charge in [-0.05, 0) is 11.5 Å². The second-order valence-corrected chi connectivity index (χ2v) is 13.6. The predicted octanol–water partition coefficient (Wildman–Crippen LogP) is 8.12. The fourth-order valence-electron chi connectivity index (χ4n) is 7.23. The maximum Gasteiger partial charge on any atom is 0.313 e. The van der Waals surface area contributed by atoms with Crippen LogP contribution in [0.4, 0.5) is 87.8 Å². The van der Waals surface area contributed by atoms with Gasteiger partial charge in [0.15, 0.2) is 82.5 Å². The van der Waals surface area contributed by atoms with Crippen LogP contribution >= 0.6 is 0 Å². The number of halogens is 20. The van der Waals surface area contributed by atoms with Crippen molar-refractivity contribution < 1.29 is 97.2 Å². The fourth-order valence-corrected chi connectivity index (χ4v) is 7.23. The third kappa shape index (κ3) is 7.42. The molecule has 0 radical (unpaired) electrons. The zero-order chi connectivity index (χ0) is 48.3. The Morgan fingerprint density at radius 2 is 0.646 bits per heavy atom. The molecule has 0 atom stereocenters. The molecule has 6 aromatic carbocycles. The summed E-state index contributed by atoms with van der Waals surface area (Å²) in [6.45, 7) is 0.629. The summed E-state index contributed by atoms with van der Waals surface area (Å²) in [5.41, 5.74) is -7.17. The second-order valence-electron chi connectivity index (χ2n) is 13.6. The molecule has 0 aliphatic heterocycles. The van der Waals surface area contributed by atoms with E-state index in [0.717, 1.165) is 16.3 Å². The van der Waals surface area contributed by atoms with E-state index in [4.69, 9.17) is 5.73 Å². The van der Waals surface area contributed by atoms with Crippen LogP contribution in [0.2, 0.25) is 0 Å². The van der Waals surface area contributed by atoms with E-state index in [2.05, 4.69) is 0 Å². The van der Waals surface area contributed by atoms with E-state index in [-0.39, 0.29) is 0 Å². The number of rotatable bonds is 7. The van der Waals surface area contributed by atoms with Crippen LogP contribution in [0.25, 0.3) is 10.8 Å². The van der Waals surface area contributed by atoms with Crippen LogP contribution in [0.15, 0.2) is 66.9 Å². The Hall–Kier alpha value is -7.14. The molecule has 1 aromatic heterocycles. The molecule has 0 aliphatic carbocycles. The zero-order valence-corrected chi connectivity index (χ0v) is 31.1. The standard InChI is InChI=1S/C24BF20.C17H14N2O/c26-5-1(6(27)14(35)21(42)13(5)34)25(2-7(28)15(36)22(43)16(37)8(2)29,3-9(30)17(38)23(44)18(39)10(3)31)4-11(32)19(40)24(45)20(41)12(4)33;18-17(20)16-10-14-8-4-5-9-15(14)12-19(16)11-13-6-2-1-3-7-13/h;1-10,12H,11H2,(H-,18,20)/q-1;/p+1. The summed E-state index contributed by atoms with van der Waals surface area (Å²) < 4.78 is 296. The molecule has 1 amide bonds. The van der Waals surface area contributed by atoms with Gasteiger partial charge in [0.1, 0.15) is 52.7 Å². The smallest absolute Gasteiger partial charge is 0.313 e. The first kappa shape index (κ1) is 47.3. The molecule has 0 spiro atoms. The normalized spacial score (nSPS) is 11.6. The SMILES string of the molecule is Fc1c(F)c(F)c([B-](c2c(F)c(F)c(F)c(F)c2F)(c2c(F)c(F)c(F)c(F)c2F)c2c(F)c(F)c(F)c(F)c2F)c(F)c1F.NC(=O)c1cc2ccccc2c[n+]1Cc1ccccc1. The average Bonchev–Trinajstić information content (AvgIpc) is 3.29. The van der Waals surface area contributed by atoms with Gasteiger partial charge < -0.3 is 5.73 Å². The first-order valence-electron chi connectivity index (χ1n) is 17.4. The first-order chi connectivity index (χ1) is 30.4. The number of aromatic nitrogens is 1. The minimum atomic E-state index is -7.22. The molecule has 0 bridgehead atoms. The summed E-state index contributed by atoms with van der Waals surface area (Å²) in [5, 5.41) is 2.11. The number of primary amides is 1. The van der Waals surface area contributed by atoms with E-state index < -0.39 is 150 Å². The topological polar surface area (TPSA) is 47.0 Å². The summed E-state index contributed by atoms with van der Waals surface area (Å²) in [6, 6.07) is 19.8. The van der Waals surface area contributed by atoms with E-state index in [1.54, 1.807) is 0 Å². The highest BCUT2D eigenvalue weighted by Gasteiger charge is 2.52. The third-order valence-corrected chi connectivity index (χ3v) is 10.0. The lowest BCUT2D eigenvalue weighted by Gasteiger charge is -2.44. The Labute approximate surface area is 348 Å². The molecule has 0 aliphatic rings. The molecule has 0 fully saturated rings. The quantitative estimate of drug-likeness (QED) is 0.0568. The van der Waals surface area contributed by atoms with E-state index in [1.807, 2.05) is 71.4 Å². The van der Waals surface area contributed by atoms with Crippen molar-refractivity contribution in [1.82, 2.24) is 0 Å². The van der Waals surface area contributed by atoms with Gasteiger partial charge >= 0.3 is 5.91 Å². The highest BCUT2D eigenvalue weighted by Crippen LogP contribution is 2.31. The Bertz CT molecular complexity index is 2730. The predicted molar refractivity (Wildman–Crippen MR) is 187 cm³/mol. The number of nitrogens with two attached hydrogens (primary N) is 1. The van der Waals surface area contributed by atoms with Gasteiger partial charge in [-0.25, -0.2) is 87.8 Å². The van der Waals surface area contributed by atoms with Crippen LogP contribution in [-0.4, -0.2) is 12.1 Å². The van der Waals surface area contributed by atoms with Crippen LogP contribution in [-0.2, 0) is 6.54 Å². The number of hydrogen-bond acceptors (Lipinski definition) is 1. The Balaban J connectivity index is 0.000000289. The highest BCUT2D eigenvalue weighted by atomic mass is 19.2. The molecule has 0 saturated heterocycles. The van der Waals surface area contributed by atoms with Gasteiger partial charge in [0.2, 0.25) is 0 Å². The summed E-state index contributed by atoms with van der Waals surface area (Å²) in [6.07, 6.45) is -5.24. The van der Waals surface area contributed by atoms with Crippen molar-refractivity contribution in [3.8, 4) is 0 Å². The van der Waals surface area contributed by atoms with E-state index in [1.165, 1.54) is 0 Å². The highest BCUT2D eigenvalue weighted by molar-refractivity contribution is 7.20. The fraction of sp³-hybridized carbons (Fsp3) is 0.0244. The molecule has 338 valence electrons. The molecule has 2 N–H and O–H groups in total. The average molecular weight is 942 g/mol. The molecular formula is C41H15BF20N2O. The van der Waals surface area contributed by atoms with Crippen molar-refractivity contribution in [1.29, 1.82) is 0 Å². The van der Waals surface area contributed by atoms with E-state index >= 15 is 35.1 Å². The van der Waals surface area contributed by atoms with Crippen molar-refractivity contribution >= 4 is 44.7 Å². The number of carbonyl (C=O) groups is 1. The van der Waals surface area contributed by atoms with Crippen LogP contribution < -0.4 is 32.2 Å². The van der Waals surface area contributed by atoms with E-state index in [0.29, 0.717) is 12.2 Å². The Morgan fingerprint density at radius 3 is 0.938 bits per heavy atom. The Morgan fingerprint density at radius 1 is 0.385 bits per heavy atom. The minimum Gasteiger partial charge on any atom is -0.360 e. The van der Waals surface area contributed by atoms with Crippen molar-refractivity contribution in [2.45, 2.75) is 6.54 Å². The van der Waals surface area contributed by atoms with Crippen molar-refractivity contribution in [2.75, 3.05) is 0 Å². The summed E-state index contributed by atoms with van der Waals surface area (Å²) in [5.74, 6) is -71.8. The number of pyridine rings is 1. The second kappa shape index (κ2) is 17.4. The van der Waals surface area contributed by atoms with Crippen LogP contribution in [0.1, 0.15) is 16.1 Å². The molecule has 65 heavy (non-hydrogen) atoms. The van der Waals surface area contributed by atoms with Crippen LogP contribution in [0.3, 0.4) is 0 Å². The maximum absolute atomic E-state index is 15.4. The summed E-state index contributed by atoms with van der Waals surface area (Å²) >= 11 is 0. The van der Waals surface area contributed by atoms with Crippen molar-refractivity contribution in [2.24, 2.45) is 5.73 Å². The molecule has 24 heteroatoms. The molecule has 7 rings (SSSR count). The van der Waals surface area contributed by atoms with Gasteiger partial charge in [0.05, 0.1) is 0 Å². The number of benzene rings is 6. The molecule has 7 aromatic rings. The summed E-state index contributed by atoms with van der Waals surface area (Å²) in [7, 11) is 0. The third-order valence-electron chi connectivity index (χ3n) is 10.0. The lowest BCUT2D eigenvalue weighted by molar-refractivity contribution is -0.688. The maximum atomic E-state index is 15.4. The van der Waals surface area contributed by atoms with Gasteiger partial charge in [-0.15, -0.1) is 21.9 Å². The minimum absolute atomic E-state index is 0.410. The molecular weight excluding hydrogens is 927 g/mol. The van der Waals surface area contributed by atoms with Gasteiger partial charge in [-0.3, -0.25) is 4.79 Å². The van der Waals surface area contributed by atoms with Crippen molar-refractivity contribution in [3.05, 3.63) is 194 Å². The van der Waals surface area contributed by atoms with E-state index in [9.17, 15) is 57.5 Å². The Kier molecular flexibility index (Phi) is 12.7. The lowest BCUT2D eigenvalue weighted by atomic mass is 9.12. The number of nitrogens with zero attached hydrogens (tertiary/aromatic N) is 1. The van der Waals surface area contributed by atoms with Gasteiger partial charge in [0.25, 0.3) is 5.69 Å². The molecule has 0 unspecified atom stereocenters. The van der Waals surface area contributed by atoms with Crippen LogP contribution in [0.5, 0.6) is 0 Å². The summed E-state index contributed by atoms with van der Waals surface area (Å²) in [4.78, 5) is 11.7. The monoisotopic (exact) mass is 942 g/mol. The molecule has 0 saturated carbocycles. The zero-order valence-electron chi connectivity index (χ0n) is 31.1. The number of hydrogen-bond donors (Lipinski definition) is 1. The van der Waals surface area contributed by atoms with Crippen molar-refractivity contribution in [3.63, 3.8) is 0 Å². The number of amides is 1. The number of fused-ring (bicyclic) bond motifs is 1. The van der Waals surface area contributed by atoms with Gasteiger partial charge in [0, 0.05) is 17.0 Å². The first-order valence-corrected chi connectivity index (χ1v) is 17.4. The van der Waals surface area contributed by atoms with Gasteiger partial charge in [-0.1, -0.05) is 48.5 Å². The largest absolute Gasteiger partial charge is 0.360 e. The van der Waals surface area contributed by atoms with Gasteiger partial charge in [-0.2, -0.15) is 4.57 Å². The molecule has 1 heterocycles. The number of carbonyl (C=O) groups excluding carboxylic acids is 1. The lowest BCUT2D eigenvalue weighted by Crippen LogP contribution is -2.81. The van der Waals surface area contributed by atoms with Crippen LogP contribution in [0, 0.1) is 116 Å². The molecule has 3 nitrogen and oxygen atoms in total.